The molecule has 1 aromatic carbocycles. The number of hydrogen-bond acceptors (Lipinski definition) is 7. The first-order valence-corrected chi connectivity index (χ1v) is 8.15. The Labute approximate surface area is 146 Å². The number of anilines is 1. The normalized spacial score (nSPS) is 16.7. The predicted molar refractivity (Wildman–Crippen MR) is 92.4 cm³/mol. The summed E-state index contributed by atoms with van der Waals surface area (Å²) >= 11 is 0. The smallest absolute Gasteiger partial charge is 0.410 e. The minimum atomic E-state index is -0.526. The van der Waals surface area contributed by atoms with Crippen LogP contribution in [0.3, 0.4) is 0 Å². The van der Waals surface area contributed by atoms with Gasteiger partial charge < -0.3 is 9.47 Å². The average Bonchev–Trinajstić information content (AvgIpc) is 2.92. The van der Waals surface area contributed by atoms with E-state index >= 15 is 0 Å². The molecule has 0 atom stereocenters. The van der Waals surface area contributed by atoms with Gasteiger partial charge in [0.2, 0.25) is 0 Å². The second-order valence-electron chi connectivity index (χ2n) is 6.93. The summed E-state index contributed by atoms with van der Waals surface area (Å²) in [5, 5.41) is 0. The van der Waals surface area contributed by atoms with Crippen LogP contribution in [0.2, 0.25) is 0 Å². The van der Waals surface area contributed by atoms with Gasteiger partial charge in [-0.3, -0.25) is 20.7 Å². The van der Waals surface area contributed by atoms with Gasteiger partial charge in [0.05, 0.1) is 24.3 Å². The van der Waals surface area contributed by atoms with Crippen molar-refractivity contribution in [3.63, 3.8) is 0 Å². The summed E-state index contributed by atoms with van der Waals surface area (Å²) in [5.41, 5.74) is 7.75. The van der Waals surface area contributed by atoms with Crippen molar-refractivity contribution in [1.82, 2.24) is 10.3 Å². The number of rotatable bonds is 2. The molecule has 1 aromatic rings. The highest BCUT2D eigenvalue weighted by atomic mass is 16.6. The van der Waals surface area contributed by atoms with Gasteiger partial charge in [-0.1, -0.05) is 0 Å². The average molecular weight is 346 g/mol. The summed E-state index contributed by atoms with van der Waals surface area (Å²) < 4.78 is 10.4. The van der Waals surface area contributed by atoms with Crippen LogP contribution in [-0.2, 0) is 16.1 Å². The van der Waals surface area contributed by atoms with E-state index in [2.05, 4.69) is 15.8 Å². The van der Waals surface area contributed by atoms with Gasteiger partial charge >= 0.3 is 12.1 Å². The number of esters is 1. The Morgan fingerprint density at radius 2 is 2.12 bits per heavy atom. The van der Waals surface area contributed by atoms with Crippen molar-refractivity contribution < 1.29 is 19.1 Å². The quantitative estimate of drug-likeness (QED) is 0.628. The van der Waals surface area contributed by atoms with Crippen molar-refractivity contribution in [2.75, 3.05) is 25.1 Å². The molecule has 0 aliphatic carbocycles. The Balaban J connectivity index is 1.56. The number of cyclic esters (lactones) is 1. The fourth-order valence-corrected chi connectivity index (χ4v) is 2.53. The van der Waals surface area contributed by atoms with E-state index in [4.69, 9.17) is 9.47 Å². The lowest BCUT2D eigenvalue weighted by Gasteiger charge is -2.30. The second-order valence-corrected chi connectivity index (χ2v) is 6.93. The Morgan fingerprint density at radius 3 is 2.88 bits per heavy atom. The fourth-order valence-electron chi connectivity index (χ4n) is 2.53. The highest BCUT2D eigenvalue weighted by Gasteiger charge is 2.25. The van der Waals surface area contributed by atoms with Crippen LogP contribution in [0.25, 0.3) is 0 Å². The number of amidine groups is 1. The zero-order valence-corrected chi connectivity index (χ0v) is 14.6. The first kappa shape index (κ1) is 17.1. The van der Waals surface area contributed by atoms with Gasteiger partial charge in [0.1, 0.15) is 18.0 Å². The molecule has 2 heterocycles. The van der Waals surface area contributed by atoms with E-state index in [9.17, 15) is 9.59 Å². The number of nitrogens with one attached hydrogen (secondary N) is 2. The number of benzene rings is 1. The van der Waals surface area contributed by atoms with Gasteiger partial charge in [-0.05, 0) is 39.0 Å². The van der Waals surface area contributed by atoms with E-state index in [0.717, 1.165) is 11.3 Å². The van der Waals surface area contributed by atoms with Crippen molar-refractivity contribution in [3.8, 4) is 0 Å². The summed E-state index contributed by atoms with van der Waals surface area (Å²) in [6, 6.07) is 5.36. The fraction of sp³-hybridized carbons (Fsp3) is 0.471. The molecule has 0 fully saturated rings. The molecule has 2 aliphatic heterocycles. The maximum absolute atomic E-state index is 12.1. The lowest BCUT2D eigenvalue weighted by Crippen LogP contribution is -2.48. The van der Waals surface area contributed by atoms with Crippen molar-refractivity contribution in [1.29, 1.82) is 0 Å². The molecule has 1 amide bonds. The zero-order chi connectivity index (χ0) is 18.0. The molecule has 0 unspecified atom stereocenters. The van der Waals surface area contributed by atoms with E-state index in [1.165, 1.54) is 0 Å². The van der Waals surface area contributed by atoms with E-state index in [-0.39, 0.29) is 18.7 Å². The molecule has 8 nitrogen and oxygen atoms in total. The van der Waals surface area contributed by atoms with Crippen molar-refractivity contribution >= 4 is 23.6 Å². The summed E-state index contributed by atoms with van der Waals surface area (Å²) in [6.45, 7) is 7.18. The maximum Gasteiger partial charge on any atom is 0.410 e. The molecular weight excluding hydrogens is 324 g/mol. The monoisotopic (exact) mass is 346 g/mol. The van der Waals surface area contributed by atoms with Crippen molar-refractivity contribution in [3.05, 3.63) is 29.3 Å². The highest BCUT2D eigenvalue weighted by molar-refractivity contribution is 5.94. The number of ether oxygens (including phenoxy) is 2. The molecule has 0 saturated heterocycles. The summed E-state index contributed by atoms with van der Waals surface area (Å²) in [7, 11) is 0. The molecule has 2 aliphatic rings. The first-order chi connectivity index (χ1) is 11.8. The molecule has 0 aromatic heterocycles. The van der Waals surface area contributed by atoms with Crippen LogP contribution in [0.1, 0.15) is 36.7 Å². The Hall–Kier alpha value is -2.77. The third kappa shape index (κ3) is 4.20. The number of hydrazine groups is 1. The molecule has 134 valence electrons. The van der Waals surface area contributed by atoms with Crippen LogP contribution in [0.4, 0.5) is 10.5 Å². The lowest BCUT2D eigenvalue weighted by molar-refractivity contribution is 0.0276. The number of carbonyl (C=O) groups excluding carboxylic acids is 2. The van der Waals surface area contributed by atoms with E-state index in [1.807, 2.05) is 26.8 Å². The van der Waals surface area contributed by atoms with Crippen LogP contribution in [0.5, 0.6) is 0 Å². The number of amides is 1. The molecule has 3 rings (SSSR count). The Bertz CT molecular complexity index is 724. The summed E-state index contributed by atoms with van der Waals surface area (Å²) in [6.07, 6.45) is -0.352. The molecule has 0 radical (unpaired) electrons. The molecule has 25 heavy (non-hydrogen) atoms. The minimum Gasteiger partial charge on any atom is -0.457 e. The van der Waals surface area contributed by atoms with E-state index in [0.29, 0.717) is 31.0 Å². The first-order valence-electron chi connectivity index (χ1n) is 8.15. The Morgan fingerprint density at radius 1 is 1.32 bits per heavy atom. The largest absolute Gasteiger partial charge is 0.457 e. The van der Waals surface area contributed by atoms with Gasteiger partial charge in [-0.15, -0.1) is 0 Å². The summed E-state index contributed by atoms with van der Waals surface area (Å²) in [4.78, 5) is 29.6. The van der Waals surface area contributed by atoms with Crippen molar-refractivity contribution in [2.24, 2.45) is 4.99 Å². The van der Waals surface area contributed by atoms with Crippen LogP contribution in [0, 0.1) is 0 Å². The molecular formula is C17H22N4O4. The van der Waals surface area contributed by atoms with Crippen LogP contribution < -0.4 is 10.9 Å². The number of nitrogens with zero attached hydrogens (tertiary/aromatic N) is 2. The van der Waals surface area contributed by atoms with Crippen LogP contribution >= 0.6 is 0 Å². The third-order valence-electron chi connectivity index (χ3n) is 3.70. The standard InChI is InChI=1S/C17H22N4O4/c1-17(2,3)25-16(23)21-7-6-18-14(9-21)20-19-12-4-5-13-11(8-12)10-24-15(13)22/h4-5,8,19H,6-7,9-10H2,1-3H3,(H,18,20). The SMILES string of the molecule is CC(C)(C)OC(=O)N1CCN=C(NNc2ccc3c(c2)COC3=O)C1. The second kappa shape index (κ2) is 6.62. The summed E-state index contributed by atoms with van der Waals surface area (Å²) in [5.74, 6) is 0.351. The van der Waals surface area contributed by atoms with Gasteiger partial charge in [0.25, 0.3) is 0 Å². The Kier molecular flexibility index (Phi) is 4.52. The number of fused-ring (bicyclic) bond motifs is 1. The van der Waals surface area contributed by atoms with Crippen molar-refractivity contribution in [2.45, 2.75) is 33.0 Å². The predicted octanol–water partition coefficient (Wildman–Crippen LogP) is 1.92. The number of carbonyl (C=O) groups is 2. The van der Waals surface area contributed by atoms with Gasteiger partial charge in [0, 0.05) is 12.1 Å². The maximum atomic E-state index is 12.1. The van der Waals surface area contributed by atoms with Crippen LogP contribution in [-0.4, -0.2) is 48.0 Å². The number of hydrogen-bond donors (Lipinski definition) is 2. The molecule has 0 saturated carbocycles. The van der Waals surface area contributed by atoms with Gasteiger partial charge in [-0.25, -0.2) is 9.59 Å². The van der Waals surface area contributed by atoms with E-state index in [1.54, 1.807) is 17.0 Å². The van der Waals surface area contributed by atoms with Gasteiger partial charge in [0.15, 0.2) is 0 Å². The van der Waals surface area contributed by atoms with Gasteiger partial charge in [-0.2, -0.15) is 0 Å². The lowest BCUT2D eigenvalue weighted by atomic mass is 10.1. The van der Waals surface area contributed by atoms with E-state index < -0.39 is 5.60 Å². The number of aliphatic imine (C=N–C) groups is 1. The molecule has 0 bridgehead atoms. The molecule has 8 heteroatoms. The third-order valence-corrected chi connectivity index (χ3v) is 3.70. The molecule has 2 N–H and O–H groups in total. The zero-order valence-electron chi connectivity index (χ0n) is 14.6. The minimum absolute atomic E-state index is 0.289. The molecule has 0 spiro atoms. The van der Waals surface area contributed by atoms with Crippen LogP contribution in [0.15, 0.2) is 23.2 Å². The highest BCUT2D eigenvalue weighted by Crippen LogP contribution is 2.23. The topological polar surface area (TPSA) is 92.3 Å².